The van der Waals surface area contributed by atoms with Crippen molar-refractivity contribution in [3.63, 3.8) is 0 Å². The molecule has 0 spiro atoms. The van der Waals surface area contributed by atoms with E-state index in [1.165, 1.54) is 16.8 Å². The van der Waals surface area contributed by atoms with Crippen LogP contribution in [0.15, 0.2) is 56.5 Å². The number of ether oxygens (including phenoxy) is 3. The minimum absolute atomic E-state index is 0.00124. The van der Waals surface area contributed by atoms with Crippen LogP contribution in [0, 0.1) is 12.3 Å². The number of carbonyl (C=O) groups excluding carboxylic acids is 1. The number of nitrogens with one attached hydrogen (secondary N) is 1. The predicted octanol–water partition coefficient (Wildman–Crippen LogP) is 5.64. The van der Waals surface area contributed by atoms with Crippen molar-refractivity contribution in [2.24, 2.45) is 10.1 Å². The van der Waals surface area contributed by atoms with Crippen LogP contribution >= 0.6 is 27.7 Å². The molecule has 2 aromatic carbocycles. The Morgan fingerprint density at radius 3 is 2.69 bits per heavy atom. The van der Waals surface area contributed by atoms with Crippen LogP contribution in [0.2, 0.25) is 0 Å². The zero-order valence-electron chi connectivity index (χ0n) is 19.6. The minimum atomic E-state index is -0.469. The fraction of sp³-hybridized carbons (Fsp3) is 0.280. The average molecular weight is 557 g/mol. The molecular weight excluding hydrogens is 532 g/mol. The highest BCUT2D eigenvalue weighted by Crippen LogP contribution is 2.38. The SMILES string of the molecule is CCOc1cc(/C=C2\C(=N)N3N=C(CC)SC3=NC2=O)cc(Br)c1OCCOc1cccc(C)c1. The second-order valence-electron chi connectivity index (χ2n) is 7.64. The lowest BCUT2D eigenvalue weighted by Gasteiger charge is -2.20. The zero-order valence-corrected chi connectivity index (χ0v) is 22.0. The third kappa shape index (κ3) is 5.76. The van der Waals surface area contributed by atoms with Gasteiger partial charge in [-0.3, -0.25) is 10.2 Å². The molecule has 182 valence electrons. The molecule has 0 fully saturated rings. The van der Waals surface area contributed by atoms with Gasteiger partial charge in [-0.25, -0.2) is 0 Å². The number of carbonyl (C=O) groups is 1. The topological polar surface area (TPSA) is 96.6 Å². The van der Waals surface area contributed by atoms with E-state index in [1.807, 2.05) is 51.1 Å². The Kier molecular flexibility index (Phi) is 7.92. The van der Waals surface area contributed by atoms with Gasteiger partial charge in [-0.15, -0.1) is 0 Å². The van der Waals surface area contributed by atoms with E-state index in [0.717, 1.165) is 16.4 Å². The molecule has 0 aromatic heterocycles. The number of thioether (sulfide) groups is 1. The Morgan fingerprint density at radius 1 is 1.14 bits per heavy atom. The number of rotatable bonds is 9. The van der Waals surface area contributed by atoms with Crippen LogP contribution in [0.1, 0.15) is 31.4 Å². The molecule has 0 saturated heterocycles. The van der Waals surface area contributed by atoms with Crippen molar-refractivity contribution in [3.05, 3.63) is 57.6 Å². The van der Waals surface area contributed by atoms with Crippen molar-refractivity contribution < 1.29 is 19.0 Å². The van der Waals surface area contributed by atoms with E-state index in [-0.39, 0.29) is 11.4 Å². The molecule has 0 aliphatic carbocycles. The first kappa shape index (κ1) is 25.0. The van der Waals surface area contributed by atoms with Gasteiger partial charge in [0, 0.05) is 0 Å². The van der Waals surface area contributed by atoms with E-state index in [4.69, 9.17) is 19.6 Å². The molecule has 2 aliphatic heterocycles. The molecule has 2 aliphatic rings. The summed E-state index contributed by atoms with van der Waals surface area (Å²) in [4.78, 5) is 16.8. The predicted molar refractivity (Wildman–Crippen MR) is 143 cm³/mol. The summed E-state index contributed by atoms with van der Waals surface area (Å²) in [7, 11) is 0. The molecular formula is C25H25BrN4O4S. The monoisotopic (exact) mass is 556 g/mol. The number of halogens is 1. The first-order chi connectivity index (χ1) is 16.9. The van der Waals surface area contributed by atoms with Crippen LogP contribution in [0.4, 0.5) is 0 Å². The number of fused-ring (bicyclic) bond motifs is 1. The number of benzene rings is 2. The first-order valence-electron chi connectivity index (χ1n) is 11.2. The van der Waals surface area contributed by atoms with Crippen molar-refractivity contribution >= 4 is 55.7 Å². The molecule has 2 heterocycles. The molecule has 0 bridgehead atoms. The summed E-state index contributed by atoms with van der Waals surface area (Å²) in [5.41, 5.74) is 1.95. The normalized spacial score (nSPS) is 16.2. The van der Waals surface area contributed by atoms with Gasteiger partial charge < -0.3 is 14.2 Å². The van der Waals surface area contributed by atoms with Gasteiger partial charge in [0.1, 0.15) is 24.0 Å². The van der Waals surface area contributed by atoms with Gasteiger partial charge >= 0.3 is 0 Å². The molecule has 0 radical (unpaired) electrons. The molecule has 1 amide bonds. The van der Waals surface area contributed by atoms with Crippen molar-refractivity contribution in [1.29, 1.82) is 5.41 Å². The molecule has 0 atom stereocenters. The van der Waals surface area contributed by atoms with E-state index in [0.29, 0.717) is 52.9 Å². The second-order valence-corrected chi connectivity index (χ2v) is 9.54. The first-order valence-corrected chi connectivity index (χ1v) is 12.8. The van der Waals surface area contributed by atoms with E-state index in [9.17, 15) is 4.79 Å². The Labute approximate surface area is 216 Å². The number of amides is 1. The molecule has 8 nitrogen and oxygen atoms in total. The quantitative estimate of drug-likeness (QED) is 0.317. The van der Waals surface area contributed by atoms with Crippen molar-refractivity contribution in [2.45, 2.75) is 27.2 Å². The van der Waals surface area contributed by atoms with E-state index < -0.39 is 5.91 Å². The number of nitrogens with zero attached hydrogens (tertiary/aromatic N) is 3. The molecule has 10 heteroatoms. The van der Waals surface area contributed by atoms with E-state index in [2.05, 4.69) is 26.0 Å². The fourth-order valence-electron chi connectivity index (χ4n) is 3.42. The Hall–Kier alpha value is -3.11. The lowest BCUT2D eigenvalue weighted by Crippen LogP contribution is -2.35. The molecule has 4 rings (SSSR count). The van der Waals surface area contributed by atoms with Gasteiger partial charge in [-0.2, -0.15) is 15.1 Å². The number of hydrazone groups is 1. The lowest BCUT2D eigenvalue weighted by molar-refractivity contribution is -0.114. The van der Waals surface area contributed by atoms with E-state index >= 15 is 0 Å². The smallest absolute Gasteiger partial charge is 0.283 e. The van der Waals surface area contributed by atoms with Gasteiger partial charge in [0.15, 0.2) is 17.3 Å². The highest BCUT2D eigenvalue weighted by atomic mass is 79.9. The molecule has 2 aromatic rings. The van der Waals surface area contributed by atoms with Crippen molar-refractivity contribution in [1.82, 2.24) is 5.01 Å². The maximum absolute atomic E-state index is 12.7. The highest BCUT2D eigenvalue weighted by molar-refractivity contribution is 9.10. The Morgan fingerprint density at radius 2 is 1.94 bits per heavy atom. The largest absolute Gasteiger partial charge is 0.490 e. The summed E-state index contributed by atoms with van der Waals surface area (Å²) in [6, 6.07) is 11.4. The molecule has 0 saturated carbocycles. The zero-order chi connectivity index (χ0) is 24.9. The van der Waals surface area contributed by atoms with E-state index in [1.54, 1.807) is 12.1 Å². The van der Waals surface area contributed by atoms with Crippen LogP contribution < -0.4 is 14.2 Å². The van der Waals surface area contributed by atoms with Gasteiger partial charge in [-0.1, -0.05) is 19.1 Å². The number of amidine groups is 2. The maximum Gasteiger partial charge on any atom is 0.283 e. The number of aliphatic imine (C=N–C) groups is 1. The summed E-state index contributed by atoms with van der Waals surface area (Å²) in [5, 5.41) is 15.5. The lowest BCUT2D eigenvalue weighted by atomic mass is 10.1. The van der Waals surface area contributed by atoms with Gasteiger partial charge in [0.05, 0.1) is 16.7 Å². The Bertz CT molecular complexity index is 1260. The van der Waals surface area contributed by atoms with Crippen molar-refractivity contribution in [2.75, 3.05) is 19.8 Å². The Balaban J connectivity index is 1.52. The second kappa shape index (κ2) is 11.1. The van der Waals surface area contributed by atoms with Crippen LogP contribution in [-0.2, 0) is 4.79 Å². The van der Waals surface area contributed by atoms with Gasteiger partial charge in [0.25, 0.3) is 5.91 Å². The summed E-state index contributed by atoms with van der Waals surface area (Å²) >= 11 is 4.87. The van der Waals surface area contributed by atoms with Crippen LogP contribution in [0.25, 0.3) is 6.08 Å². The molecule has 1 N–H and O–H groups in total. The summed E-state index contributed by atoms with van der Waals surface area (Å²) in [5.74, 6) is 1.38. The maximum atomic E-state index is 12.7. The highest BCUT2D eigenvalue weighted by Gasteiger charge is 2.35. The van der Waals surface area contributed by atoms with Gasteiger partial charge in [0.2, 0.25) is 5.17 Å². The van der Waals surface area contributed by atoms with Crippen LogP contribution in [0.3, 0.4) is 0 Å². The standard InChI is InChI=1S/C25H25BrN4O4S/c1-4-21-29-30-23(27)18(24(31)28-25(30)35-21)12-16-13-19(26)22(20(14-16)32-5-2)34-10-9-33-17-8-6-7-15(3)11-17/h6-8,11-14,27H,4-5,9-10H2,1-3H3/b18-12+,27-23?. The summed E-state index contributed by atoms with van der Waals surface area (Å²) in [6.07, 6.45) is 2.33. The average Bonchev–Trinajstić information content (AvgIpc) is 3.24. The summed E-state index contributed by atoms with van der Waals surface area (Å²) < 4.78 is 18.2. The van der Waals surface area contributed by atoms with Gasteiger partial charge in [-0.05, 0) is 89.4 Å². The van der Waals surface area contributed by atoms with Crippen molar-refractivity contribution in [3.8, 4) is 17.2 Å². The number of hydrogen-bond acceptors (Lipinski definition) is 7. The molecule has 35 heavy (non-hydrogen) atoms. The minimum Gasteiger partial charge on any atom is -0.490 e. The third-order valence-electron chi connectivity index (χ3n) is 5.03. The third-order valence-corrected chi connectivity index (χ3v) is 6.67. The number of hydrogen-bond donors (Lipinski definition) is 1. The van der Waals surface area contributed by atoms with Crippen LogP contribution in [0.5, 0.6) is 17.2 Å². The molecule has 0 unspecified atom stereocenters. The number of aryl methyl sites for hydroxylation is 1. The van der Waals surface area contributed by atoms with Crippen LogP contribution in [-0.4, -0.2) is 46.8 Å². The summed E-state index contributed by atoms with van der Waals surface area (Å²) in [6.45, 7) is 6.99. The fourth-order valence-corrected chi connectivity index (χ4v) is 4.82.